The first-order valence-electron chi connectivity index (χ1n) is 5.99. The van der Waals surface area contributed by atoms with E-state index in [0.717, 1.165) is 25.6 Å². The van der Waals surface area contributed by atoms with Crippen molar-refractivity contribution in [3.8, 4) is 11.5 Å². The maximum atomic E-state index is 12.7. The monoisotopic (exact) mass is 248 g/mol. The first-order chi connectivity index (χ1) is 8.81. The average molecular weight is 248 g/mol. The molecule has 1 saturated heterocycles. The van der Waals surface area contributed by atoms with Gasteiger partial charge in [-0.05, 0) is 31.5 Å². The number of pyridine rings is 1. The molecule has 0 aromatic carbocycles. The normalized spacial score (nSPS) is 19.3. The smallest absolute Gasteiger partial charge is 0.228 e. The van der Waals surface area contributed by atoms with Gasteiger partial charge in [-0.15, -0.1) is 0 Å². The summed E-state index contributed by atoms with van der Waals surface area (Å²) in [4.78, 5) is 8.19. The molecular weight excluding hydrogens is 235 g/mol. The molecule has 0 aliphatic carbocycles. The Hall–Kier alpha value is -1.82. The molecule has 0 unspecified atom stereocenters. The van der Waals surface area contributed by atoms with Crippen LogP contribution in [0.25, 0.3) is 11.5 Å². The summed E-state index contributed by atoms with van der Waals surface area (Å²) in [6, 6.07) is 3.29. The van der Waals surface area contributed by atoms with E-state index in [0.29, 0.717) is 23.5 Å². The Morgan fingerprint density at radius 3 is 3.11 bits per heavy atom. The van der Waals surface area contributed by atoms with Gasteiger partial charge in [0.1, 0.15) is 11.5 Å². The minimum atomic E-state index is -0.377. The summed E-state index contributed by atoms with van der Waals surface area (Å²) in [6.45, 7) is 1.05. The molecule has 3 heterocycles. The summed E-state index contributed by atoms with van der Waals surface area (Å²) >= 11 is 0. The van der Waals surface area contributed by atoms with Crippen molar-refractivity contribution in [3.63, 3.8) is 0 Å². The van der Waals surface area contributed by atoms with Gasteiger partial charge in [-0.2, -0.15) is 4.98 Å². The lowest BCUT2D eigenvalue weighted by Gasteiger charge is -2.04. The molecule has 2 aromatic rings. The van der Waals surface area contributed by atoms with E-state index in [1.165, 1.54) is 18.6 Å². The highest BCUT2D eigenvalue weighted by Gasteiger charge is 2.18. The molecule has 0 saturated carbocycles. The predicted molar refractivity (Wildman–Crippen MR) is 62.2 cm³/mol. The van der Waals surface area contributed by atoms with Crippen LogP contribution in [0.15, 0.2) is 22.9 Å². The van der Waals surface area contributed by atoms with Gasteiger partial charge in [0.05, 0.1) is 6.20 Å². The zero-order chi connectivity index (χ0) is 12.4. The number of aromatic nitrogens is 3. The van der Waals surface area contributed by atoms with Crippen LogP contribution in [-0.2, 0) is 6.42 Å². The molecule has 0 bridgehead atoms. The van der Waals surface area contributed by atoms with Gasteiger partial charge in [0.2, 0.25) is 11.7 Å². The molecule has 1 aliphatic rings. The summed E-state index contributed by atoms with van der Waals surface area (Å²) in [5.41, 5.74) is 0.519. The fourth-order valence-electron chi connectivity index (χ4n) is 2.09. The van der Waals surface area contributed by atoms with Crippen molar-refractivity contribution in [1.29, 1.82) is 0 Å². The van der Waals surface area contributed by atoms with Gasteiger partial charge in [0.25, 0.3) is 0 Å². The maximum absolute atomic E-state index is 12.7. The number of nitrogens with one attached hydrogen (secondary N) is 1. The Bertz CT molecular complexity index is 519. The lowest BCUT2D eigenvalue weighted by Crippen LogP contribution is -2.23. The SMILES string of the molecule is Fc1ccc(-c2noc(C[C@@H]3CCCN3)n2)nc1. The molecule has 5 nitrogen and oxygen atoms in total. The van der Waals surface area contributed by atoms with Crippen LogP contribution in [0.5, 0.6) is 0 Å². The fraction of sp³-hybridized carbons (Fsp3) is 0.417. The van der Waals surface area contributed by atoms with E-state index in [4.69, 9.17) is 4.52 Å². The molecule has 18 heavy (non-hydrogen) atoms. The summed E-state index contributed by atoms with van der Waals surface area (Å²) in [6.07, 6.45) is 4.19. The molecule has 1 aliphatic heterocycles. The number of halogens is 1. The Kier molecular flexibility index (Phi) is 3.02. The van der Waals surface area contributed by atoms with Crippen molar-refractivity contribution in [1.82, 2.24) is 20.4 Å². The van der Waals surface area contributed by atoms with Crippen molar-refractivity contribution < 1.29 is 8.91 Å². The van der Waals surface area contributed by atoms with Crippen LogP contribution in [0.2, 0.25) is 0 Å². The summed E-state index contributed by atoms with van der Waals surface area (Å²) in [7, 11) is 0. The van der Waals surface area contributed by atoms with Crippen LogP contribution in [0.3, 0.4) is 0 Å². The van der Waals surface area contributed by atoms with Crippen LogP contribution >= 0.6 is 0 Å². The lowest BCUT2D eigenvalue weighted by atomic mass is 10.1. The second kappa shape index (κ2) is 4.81. The van der Waals surface area contributed by atoms with E-state index in [9.17, 15) is 4.39 Å². The largest absolute Gasteiger partial charge is 0.339 e. The molecule has 1 atom stereocenters. The van der Waals surface area contributed by atoms with Gasteiger partial charge in [-0.3, -0.25) is 0 Å². The average Bonchev–Trinajstić information content (AvgIpc) is 3.02. The minimum Gasteiger partial charge on any atom is -0.339 e. The van der Waals surface area contributed by atoms with Crippen molar-refractivity contribution in [2.24, 2.45) is 0 Å². The molecule has 94 valence electrons. The molecule has 1 N–H and O–H groups in total. The number of nitrogens with zero attached hydrogens (tertiary/aromatic N) is 3. The molecule has 3 rings (SSSR count). The first kappa shape index (κ1) is 11.3. The number of hydrogen-bond acceptors (Lipinski definition) is 5. The Labute approximate surface area is 103 Å². The maximum Gasteiger partial charge on any atom is 0.228 e. The lowest BCUT2D eigenvalue weighted by molar-refractivity contribution is 0.364. The van der Waals surface area contributed by atoms with E-state index in [1.807, 2.05) is 0 Å². The quantitative estimate of drug-likeness (QED) is 0.893. The minimum absolute atomic E-state index is 0.377. The summed E-state index contributed by atoms with van der Waals surface area (Å²) in [5, 5.41) is 7.23. The second-order valence-electron chi connectivity index (χ2n) is 4.37. The molecule has 0 spiro atoms. The van der Waals surface area contributed by atoms with E-state index in [-0.39, 0.29) is 5.82 Å². The van der Waals surface area contributed by atoms with Gasteiger partial charge in [0.15, 0.2) is 0 Å². The highest BCUT2D eigenvalue weighted by atomic mass is 19.1. The van der Waals surface area contributed by atoms with Gasteiger partial charge < -0.3 is 9.84 Å². The van der Waals surface area contributed by atoms with Crippen LogP contribution in [0.1, 0.15) is 18.7 Å². The van der Waals surface area contributed by atoms with Crippen molar-refractivity contribution in [2.45, 2.75) is 25.3 Å². The molecule has 1 fully saturated rings. The highest BCUT2D eigenvalue weighted by molar-refractivity contribution is 5.47. The third-order valence-corrected chi connectivity index (χ3v) is 3.01. The van der Waals surface area contributed by atoms with E-state index in [2.05, 4.69) is 20.4 Å². The Morgan fingerprint density at radius 1 is 1.44 bits per heavy atom. The van der Waals surface area contributed by atoms with Crippen LogP contribution in [0.4, 0.5) is 4.39 Å². The molecule has 6 heteroatoms. The predicted octanol–water partition coefficient (Wildman–Crippen LogP) is 1.57. The zero-order valence-corrected chi connectivity index (χ0v) is 9.77. The first-order valence-corrected chi connectivity index (χ1v) is 5.99. The molecule has 0 radical (unpaired) electrons. The van der Waals surface area contributed by atoms with Crippen molar-refractivity contribution in [3.05, 3.63) is 30.0 Å². The Morgan fingerprint density at radius 2 is 2.39 bits per heavy atom. The molecule has 0 amide bonds. The van der Waals surface area contributed by atoms with Crippen molar-refractivity contribution >= 4 is 0 Å². The van der Waals surface area contributed by atoms with Gasteiger partial charge in [-0.1, -0.05) is 5.16 Å². The molecule has 2 aromatic heterocycles. The summed E-state index contributed by atoms with van der Waals surface area (Å²) < 4.78 is 17.9. The second-order valence-corrected chi connectivity index (χ2v) is 4.37. The number of hydrogen-bond donors (Lipinski definition) is 1. The third kappa shape index (κ3) is 2.38. The van der Waals surface area contributed by atoms with Gasteiger partial charge >= 0.3 is 0 Å². The zero-order valence-electron chi connectivity index (χ0n) is 9.77. The van der Waals surface area contributed by atoms with Crippen LogP contribution < -0.4 is 5.32 Å². The van der Waals surface area contributed by atoms with E-state index in [1.54, 1.807) is 0 Å². The van der Waals surface area contributed by atoms with E-state index >= 15 is 0 Å². The van der Waals surface area contributed by atoms with E-state index < -0.39 is 0 Å². The van der Waals surface area contributed by atoms with Gasteiger partial charge in [0, 0.05) is 12.5 Å². The topological polar surface area (TPSA) is 63.8 Å². The third-order valence-electron chi connectivity index (χ3n) is 3.01. The Balaban J connectivity index is 1.74. The number of rotatable bonds is 3. The van der Waals surface area contributed by atoms with Gasteiger partial charge in [-0.25, -0.2) is 9.37 Å². The van der Waals surface area contributed by atoms with Crippen molar-refractivity contribution in [2.75, 3.05) is 6.54 Å². The fourth-order valence-corrected chi connectivity index (χ4v) is 2.09. The van der Waals surface area contributed by atoms with Crippen LogP contribution in [0, 0.1) is 5.82 Å². The molecular formula is C12H13FN4O. The highest BCUT2D eigenvalue weighted by Crippen LogP contribution is 2.15. The standard InChI is InChI=1S/C12H13FN4O/c13-8-3-4-10(15-7-8)12-16-11(18-17-12)6-9-2-1-5-14-9/h3-4,7,9,14H,1-2,5-6H2/t9-/m0/s1. The van der Waals surface area contributed by atoms with Crippen LogP contribution in [-0.4, -0.2) is 27.7 Å². The summed E-state index contributed by atoms with van der Waals surface area (Å²) in [5.74, 6) is 0.621.